The number of sulfonamides is 1. The molecule has 8 heteroatoms. The number of aryl methyl sites for hydroxylation is 2. The zero-order valence-corrected chi connectivity index (χ0v) is 20.8. The molecule has 2 aromatic heterocycles. The molecule has 0 aliphatic heterocycles. The van der Waals surface area contributed by atoms with Gasteiger partial charge in [-0.05, 0) is 99.3 Å². The first-order valence-electron chi connectivity index (χ1n) is 10.9. The molecule has 4 aliphatic rings. The first kappa shape index (κ1) is 20.5. The van der Waals surface area contributed by atoms with Crippen LogP contribution in [0.5, 0.6) is 0 Å². The van der Waals surface area contributed by atoms with E-state index in [-0.39, 0.29) is 5.41 Å². The number of hydrogen-bond donors (Lipinski definition) is 1. The van der Waals surface area contributed by atoms with Gasteiger partial charge in [-0.2, -0.15) is 0 Å². The molecule has 1 aromatic carbocycles. The van der Waals surface area contributed by atoms with E-state index < -0.39 is 10.0 Å². The molecule has 0 atom stereocenters. The Balaban J connectivity index is 1.34. The fourth-order valence-corrected chi connectivity index (χ4v) is 11.0. The van der Waals surface area contributed by atoms with Gasteiger partial charge >= 0.3 is 0 Å². The van der Waals surface area contributed by atoms with Gasteiger partial charge in [0, 0.05) is 20.0 Å². The average molecular weight is 493 g/mol. The average Bonchev–Trinajstić information content (AvgIpc) is 3.21. The number of aromatic nitrogens is 1. The summed E-state index contributed by atoms with van der Waals surface area (Å²) in [5.41, 5.74) is 2.07. The van der Waals surface area contributed by atoms with E-state index >= 15 is 0 Å². The molecule has 4 aliphatic carbocycles. The lowest BCUT2D eigenvalue weighted by Gasteiger charge is -2.56. The topological polar surface area (TPSA) is 59.1 Å². The van der Waals surface area contributed by atoms with Crippen molar-refractivity contribution in [1.29, 1.82) is 0 Å². The van der Waals surface area contributed by atoms with Crippen LogP contribution in [0, 0.1) is 31.6 Å². The van der Waals surface area contributed by atoms with Crippen LogP contribution in [-0.2, 0) is 15.4 Å². The van der Waals surface area contributed by atoms with E-state index in [0.29, 0.717) is 14.4 Å². The van der Waals surface area contributed by atoms with E-state index in [1.807, 2.05) is 19.1 Å². The number of nitrogens with zero attached hydrogens (tertiary/aromatic N) is 1. The molecule has 31 heavy (non-hydrogen) atoms. The maximum atomic E-state index is 13.3. The minimum Gasteiger partial charge on any atom is -0.254 e. The minimum atomic E-state index is -3.70. The predicted molar refractivity (Wildman–Crippen MR) is 129 cm³/mol. The number of rotatable bonds is 4. The molecule has 0 radical (unpaired) electrons. The lowest BCUT2D eigenvalue weighted by atomic mass is 9.48. The summed E-state index contributed by atoms with van der Waals surface area (Å²) in [7, 11) is -3.70. The lowest BCUT2D eigenvalue weighted by molar-refractivity contribution is -0.00714. The van der Waals surface area contributed by atoms with Crippen LogP contribution in [0.4, 0.5) is 5.13 Å². The van der Waals surface area contributed by atoms with Crippen molar-refractivity contribution in [3.05, 3.63) is 39.4 Å². The molecule has 164 valence electrons. The second kappa shape index (κ2) is 6.92. The van der Waals surface area contributed by atoms with Crippen molar-refractivity contribution in [1.82, 2.24) is 4.98 Å². The van der Waals surface area contributed by atoms with Crippen LogP contribution in [0.25, 0.3) is 10.1 Å². The molecular weight excluding hydrogens is 468 g/mol. The zero-order chi connectivity index (χ0) is 21.5. The summed E-state index contributed by atoms with van der Waals surface area (Å²) in [5.74, 6) is 2.50. The van der Waals surface area contributed by atoms with Crippen LogP contribution >= 0.6 is 34.3 Å². The highest BCUT2D eigenvalue weighted by Gasteiger charge is 2.53. The number of anilines is 1. The van der Waals surface area contributed by atoms with Crippen LogP contribution in [0.2, 0.25) is 5.02 Å². The van der Waals surface area contributed by atoms with Gasteiger partial charge in [-0.1, -0.05) is 11.6 Å². The Morgan fingerprint density at radius 1 is 1.06 bits per heavy atom. The Morgan fingerprint density at radius 2 is 1.71 bits per heavy atom. The molecule has 1 N–H and O–H groups in total. The highest BCUT2D eigenvalue weighted by molar-refractivity contribution is 7.95. The SMILES string of the molecule is Cc1sc(NS(=O)(=O)c2sc3ccc(Cl)cc3c2C)nc1C12CC3CC(CC(C3)C1)C2. The largest absolute Gasteiger partial charge is 0.273 e. The fraction of sp³-hybridized carbons (Fsp3) is 0.522. The highest BCUT2D eigenvalue weighted by atomic mass is 35.5. The Bertz CT molecular complexity index is 1270. The smallest absolute Gasteiger partial charge is 0.254 e. The van der Waals surface area contributed by atoms with E-state index in [1.54, 1.807) is 6.07 Å². The van der Waals surface area contributed by atoms with Crippen LogP contribution in [0.15, 0.2) is 22.4 Å². The van der Waals surface area contributed by atoms with Gasteiger partial charge in [-0.3, -0.25) is 4.72 Å². The summed E-state index contributed by atoms with van der Waals surface area (Å²) < 4.78 is 30.6. The van der Waals surface area contributed by atoms with Crippen LogP contribution in [0.3, 0.4) is 0 Å². The van der Waals surface area contributed by atoms with Gasteiger partial charge in [-0.15, -0.1) is 22.7 Å². The third kappa shape index (κ3) is 3.26. The van der Waals surface area contributed by atoms with Crippen LogP contribution in [0.1, 0.15) is 54.7 Å². The van der Waals surface area contributed by atoms with E-state index in [4.69, 9.17) is 16.6 Å². The van der Waals surface area contributed by atoms with E-state index in [9.17, 15) is 8.42 Å². The summed E-state index contributed by atoms with van der Waals surface area (Å²) in [6, 6.07) is 5.51. The van der Waals surface area contributed by atoms with Crippen molar-refractivity contribution in [3.8, 4) is 0 Å². The van der Waals surface area contributed by atoms with Crippen molar-refractivity contribution in [2.75, 3.05) is 4.72 Å². The van der Waals surface area contributed by atoms with Gasteiger partial charge in [0.15, 0.2) is 5.13 Å². The molecule has 0 saturated heterocycles. The first-order valence-corrected chi connectivity index (χ1v) is 14.4. The second-order valence-corrected chi connectivity index (χ2v) is 14.5. The zero-order valence-electron chi connectivity index (χ0n) is 17.6. The van der Waals surface area contributed by atoms with Gasteiger partial charge in [0.1, 0.15) is 4.21 Å². The summed E-state index contributed by atoms with van der Waals surface area (Å²) in [6.07, 6.45) is 7.84. The Morgan fingerprint density at radius 3 is 2.35 bits per heavy atom. The minimum absolute atomic E-state index is 0.170. The van der Waals surface area contributed by atoms with Crippen LogP contribution < -0.4 is 4.72 Å². The van der Waals surface area contributed by atoms with E-state index in [1.165, 1.54) is 66.1 Å². The fourth-order valence-electron chi connectivity index (χ4n) is 6.92. The molecule has 0 spiro atoms. The third-order valence-corrected chi connectivity index (χ3v) is 12.1. The molecule has 0 amide bonds. The first-order chi connectivity index (χ1) is 14.7. The summed E-state index contributed by atoms with van der Waals surface area (Å²) in [4.78, 5) is 6.09. The van der Waals surface area contributed by atoms with Crippen LogP contribution in [-0.4, -0.2) is 13.4 Å². The van der Waals surface area contributed by atoms with Crippen molar-refractivity contribution < 1.29 is 8.42 Å². The van der Waals surface area contributed by atoms with E-state index in [0.717, 1.165) is 39.1 Å². The molecule has 7 rings (SSSR count). The van der Waals surface area contributed by atoms with Gasteiger partial charge in [0.25, 0.3) is 10.0 Å². The predicted octanol–water partition coefficient (Wildman–Crippen LogP) is 6.90. The monoisotopic (exact) mass is 492 g/mol. The molecular formula is C23H25ClN2O2S3. The standard InChI is InChI=1S/C23H25ClN2O2S3/c1-12-18-8-17(24)3-4-19(18)30-21(12)31(27,28)26-22-25-20(13(2)29-22)23-9-14-5-15(10-23)7-16(6-14)11-23/h3-4,8,14-16H,5-7,9-11H2,1-2H3,(H,25,26). The lowest BCUT2D eigenvalue weighted by Crippen LogP contribution is -2.49. The Hall–Kier alpha value is -1.15. The normalized spacial score (nSPS) is 29.7. The molecule has 3 aromatic rings. The van der Waals surface area contributed by atoms with Gasteiger partial charge < -0.3 is 0 Å². The maximum absolute atomic E-state index is 13.3. The maximum Gasteiger partial charge on any atom is 0.273 e. The molecule has 2 heterocycles. The molecule has 0 unspecified atom stereocenters. The van der Waals surface area contributed by atoms with Crippen molar-refractivity contribution in [2.45, 2.75) is 62.0 Å². The number of benzene rings is 1. The summed E-state index contributed by atoms with van der Waals surface area (Å²) in [6.45, 7) is 3.95. The highest BCUT2D eigenvalue weighted by Crippen LogP contribution is 2.61. The number of thiophene rings is 1. The number of nitrogens with one attached hydrogen (secondary N) is 1. The summed E-state index contributed by atoms with van der Waals surface area (Å²) in [5, 5.41) is 2.00. The Kier molecular flexibility index (Phi) is 4.57. The Labute approximate surface area is 196 Å². The molecule has 4 bridgehead atoms. The van der Waals surface area contributed by atoms with Gasteiger partial charge in [0.2, 0.25) is 0 Å². The van der Waals surface area contributed by atoms with E-state index in [2.05, 4.69) is 11.6 Å². The van der Waals surface area contributed by atoms with Crippen molar-refractivity contribution >= 4 is 59.5 Å². The third-order valence-electron chi connectivity index (χ3n) is 7.66. The molecule has 4 saturated carbocycles. The number of halogens is 1. The molecule has 4 nitrogen and oxygen atoms in total. The van der Waals surface area contributed by atoms with Crippen molar-refractivity contribution in [2.24, 2.45) is 17.8 Å². The number of hydrogen-bond acceptors (Lipinski definition) is 5. The van der Waals surface area contributed by atoms with Gasteiger partial charge in [-0.25, -0.2) is 13.4 Å². The van der Waals surface area contributed by atoms with Crippen molar-refractivity contribution in [3.63, 3.8) is 0 Å². The second-order valence-electron chi connectivity index (χ2n) is 9.88. The molecule has 4 fully saturated rings. The van der Waals surface area contributed by atoms with Gasteiger partial charge in [0.05, 0.1) is 5.69 Å². The summed E-state index contributed by atoms with van der Waals surface area (Å²) >= 11 is 8.89. The number of thiazole rings is 1. The quantitative estimate of drug-likeness (QED) is 0.431. The number of fused-ring (bicyclic) bond motifs is 1.